The number of nitrogens with one attached hydrogen (secondary N) is 1. The SMILES string of the molecule is CC(C)(C)OC(=O)NC1(C(N)C(C)(C)C)CC1. The second kappa shape index (κ2) is 4.16. The summed E-state index contributed by atoms with van der Waals surface area (Å²) in [4.78, 5) is 11.8. The average Bonchev–Trinajstić information content (AvgIpc) is 2.78. The Hall–Kier alpha value is -0.770. The van der Waals surface area contributed by atoms with Crippen molar-refractivity contribution in [3.63, 3.8) is 0 Å². The molecule has 0 aromatic heterocycles. The molecule has 1 fully saturated rings. The fourth-order valence-electron chi connectivity index (χ4n) is 1.98. The normalized spacial score (nSPS) is 20.6. The molecule has 0 aliphatic heterocycles. The first kappa shape index (κ1) is 14.3. The van der Waals surface area contributed by atoms with Gasteiger partial charge < -0.3 is 15.8 Å². The highest BCUT2D eigenvalue weighted by molar-refractivity contribution is 5.69. The van der Waals surface area contributed by atoms with Gasteiger partial charge in [0.2, 0.25) is 0 Å². The lowest BCUT2D eigenvalue weighted by Gasteiger charge is -2.35. The van der Waals surface area contributed by atoms with Gasteiger partial charge in [-0.1, -0.05) is 20.8 Å². The molecule has 1 rings (SSSR count). The lowest BCUT2D eigenvalue weighted by molar-refractivity contribution is 0.0470. The zero-order valence-electron chi connectivity index (χ0n) is 11.9. The van der Waals surface area contributed by atoms with Crippen molar-refractivity contribution in [1.82, 2.24) is 5.32 Å². The molecule has 1 atom stereocenters. The third-order valence-corrected chi connectivity index (χ3v) is 3.07. The van der Waals surface area contributed by atoms with Gasteiger partial charge in [-0.3, -0.25) is 0 Å². The van der Waals surface area contributed by atoms with Gasteiger partial charge in [-0.15, -0.1) is 0 Å². The molecule has 0 aromatic rings. The van der Waals surface area contributed by atoms with Crippen LogP contribution in [0.5, 0.6) is 0 Å². The molecule has 0 bridgehead atoms. The van der Waals surface area contributed by atoms with Crippen LogP contribution in [0.1, 0.15) is 54.4 Å². The second-order valence-corrected chi connectivity index (χ2v) is 7.13. The topological polar surface area (TPSA) is 64.3 Å². The second-order valence-electron chi connectivity index (χ2n) is 7.13. The number of hydrogen-bond donors (Lipinski definition) is 2. The van der Waals surface area contributed by atoms with Gasteiger partial charge in [-0.2, -0.15) is 0 Å². The number of hydrogen-bond acceptors (Lipinski definition) is 3. The summed E-state index contributed by atoms with van der Waals surface area (Å²) >= 11 is 0. The van der Waals surface area contributed by atoms with E-state index in [-0.39, 0.29) is 23.1 Å². The maximum Gasteiger partial charge on any atom is 0.408 e. The fraction of sp³-hybridized carbons (Fsp3) is 0.923. The number of ether oxygens (including phenoxy) is 1. The largest absolute Gasteiger partial charge is 0.444 e. The predicted octanol–water partition coefficient (Wildman–Crippen LogP) is 2.42. The van der Waals surface area contributed by atoms with Crippen LogP contribution >= 0.6 is 0 Å². The molecule has 17 heavy (non-hydrogen) atoms. The summed E-state index contributed by atoms with van der Waals surface area (Å²) in [5.74, 6) is 0. The van der Waals surface area contributed by atoms with Crippen LogP contribution in [0.4, 0.5) is 4.79 Å². The van der Waals surface area contributed by atoms with Crippen LogP contribution in [0, 0.1) is 5.41 Å². The highest BCUT2D eigenvalue weighted by Crippen LogP contribution is 2.43. The van der Waals surface area contributed by atoms with Gasteiger partial charge >= 0.3 is 6.09 Å². The Morgan fingerprint density at radius 1 is 1.24 bits per heavy atom. The Labute approximate surface area is 104 Å². The molecule has 1 amide bonds. The monoisotopic (exact) mass is 242 g/mol. The predicted molar refractivity (Wildman–Crippen MR) is 68.8 cm³/mol. The van der Waals surface area contributed by atoms with Crippen molar-refractivity contribution in [2.45, 2.75) is 71.6 Å². The summed E-state index contributed by atoms with van der Waals surface area (Å²) in [5, 5.41) is 2.94. The molecule has 1 aliphatic rings. The molecule has 0 aromatic carbocycles. The van der Waals surface area contributed by atoms with Gasteiger partial charge in [0.15, 0.2) is 0 Å². The van der Waals surface area contributed by atoms with Gasteiger partial charge in [0.05, 0.1) is 5.54 Å². The first-order valence-corrected chi connectivity index (χ1v) is 6.23. The van der Waals surface area contributed by atoms with Crippen molar-refractivity contribution >= 4 is 6.09 Å². The van der Waals surface area contributed by atoms with Crippen LogP contribution in [0.25, 0.3) is 0 Å². The Bertz CT molecular complexity index is 296. The Balaban J connectivity index is 2.60. The van der Waals surface area contributed by atoms with Crippen LogP contribution in [0.15, 0.2) is 0 Å². The van der Waals surface area contributed by atoms with Crippen molar-refractivity contribution in [3.8, 4) is 0 Å². The van der Waals surface area contributed by atoms with Crippen LogP contribution in [0.3, 0.4) is 0 Å². The Kier molecular flexibility index (Phi) is 3.50. The molecule has 100 valence electrons. The van der Waals surface area contributed by atoms with Crippen LogP contribution in [0.2, 0.25) is 0 Å². The molecule has 4 nitrogen and oxygen atoms in total. The first-order valence-electron chi connectivity index (χ1n) is 6.23. The third-order valence-electron chi connectivity index (χ3n) is 3.07. The zero-order valence-corrected chi connectivity index (χ0v) is 11.9. The van der Waals surface area contributed by atoms with E-state index in [1.807, 2.05) is 20.8 Å². The van der Waals surface area contributed by atoms with E-state index in [9.17, 15) is 4.79 Å². The minimum atomic E-state index is -0.466. The van der Waals surface area contributed by atoms with Gasteiger partial charge in [0.1, 0.15) is 5.60 Å². The van der Waals surface area contributed by atoms with Crippen molar-refractivity contribution in [2.24, 2.45) is 11.1 Å². The molecule has 1 aliphatic carbocycles. The summed E-state index contributed by atoms with van der Waals surface area (Å²) in [7, 11) is 0. The zero-order chi connectivity index (χ0) is 13.5. The van der Waals surface area contributed by atoms with Gasteiger partial charge in [-0.25, -0.2) is 4.79 Å². The molecule has 0 radical (unpaired) electrons. The van der Waals surface area contributed by atoms with Gasteiger partial charge in [-0.05, 0) is 39.0 Å². The Morgan fingerprint density at radius 3 is 2.00 bits per heavy atom. The van der Waals surface area contributed by atoms with Crippen LogP contribution < -0.4 is 11.1 Å². The van der Waals surface area contributed by atoms with E-state index in [1.165, 1.54) is 0 Å². The van der Waals surface area contributed by atoms with Crippen LogP contribution in [-0.2, 0) is 4.74 Å². The Morgan fingerprint density at radius 2 is 1.71 bits per heavy atom. The standard InChI is InChI=1S/C13H26N2O2/c1-11(2,3)9(14)13(7-8-13)15-10(16)17-12(4,5)6/h9H,7-8,14H2,1-6H3,(H,15,16). The number of amides is 1. The van der Waals surface area contributed by atoms with Crippen molar-refractivity contribution in [1.29, 1.82) is 0 Å². The van der Waals surface area contributed by atoms with Crippen LogP contribution in [-0.4, -0.2) is 23.3 Å². The van der Waals surface area contributed by atoms with Gasteiger partial charge in [0.25, 0.3) is 0 Å². The lowest BCUT2D eigenvalue weighted by atomic mass is 9.81. The maximum absolute atomic E-state index is 11.8. The van der Waals surface area contributed by atoms with E-state index in [0.717, 1.165) is 12.8 Å². The summed E-state index contributed by atoms with van der Waals surface area (Å²) < 4.78 is 5.27. The molecule has 0 spiro atoms. The average molecular weight is 242 g/mol. The van der Waals surface area contributed by atoms with E-state index in [0.29, 0.717) is 0 Å². The molecular formula is C13H26N2O2. The number of carbonyl (C=O) groups excluding carboxylic acids is 1. The van der Waals surface area contributed by atoms with E-state index in [1.54, 1.807) is 0 Å². The highest BCUT2D eigenvalue weighted by Gasteiger charge is 2.53. The molecular weight excluding hydrogens is 216 g/mol. The number of nitrogens with two attached hydrogens (primary N) is 1. The fourth-order valence-corrected chi connectivity index (χ4v) is 1.98. The number of rotatable bonds is 2. The molecule has 4 heteroatoms. The van der Waals surface area contributed by atoms with E-state index >= 15 is 0 Å². The third kappa shape index (κ3) is 3.87. The summed E-state index contributed by atoms with van der Waals surface area (Å²) in [6.07, 6.45) is 1.50. The summed E-state index contributed by atoms with van der Waals surface area (Å²) in [6, 6.07) is -0.0532. The molecule has 1 unspecified atom stereocenters. The summed E-state index contributed by atoms with van der Waals surface area (Å²) in [5.41, 5.74) is 5.48. The molecule has 0 saturated heterocycles. The van der Waals surface area contributed by atoms with Crippen molar-refractivity contribution in [2.75, 3.05) is 0 Å². The minimum absolute atomic E-state index is 0.0223. The molecule has 1 saturated carbocycles. The molecule has 3 N–H and O–H groups in total. The van der Waals surface area contributed by atoms with Crippen molar-refractivity contribution < 1.29 is 9.53 Å². The smallest absolute Gasteiger partial charge is 0.408 e. The lowest BCUT2D eigenvalue weighted by Crippen LogP contribution is -2.56. The quantitative estimate of drug-likeness (QED) is 0.781. The first-order chi connectivity index (χ1) is 7.46. The molecule has 0 heterocycles. The maximum atomic E-state index is 11.8. The van der Waals surface area contributed by atoms with Crippen molar-refractivity contribution in [3.05, 3.63) is 0 Å². The number of carbonyl (C=O) groups is 1. The van der Waals surface area contributed by atoms with E-state index < -0.39 is 5.60 Å². The highest BCUT2D eigenvalue weighted by atomic mass is 16.6. The number of alkyl carbamates (subject to hydrolysis) is 1. The van der Waals surface area contributed by atoms with E-state index in [2.05, 4.69) is 26.1 Å². The summed E-state index contributed by atoms with van der Waals surface area (Å²) in [6.45, 7) is 11.8. The van der Waals surface area contributed by atoms with E-state index in [4.69, 9.17) is 10.5 Å². The van der Waals surface area contributed by atoms with Gasteiger partial charge in [0, 0.05) is 6.04 Å². The minimum Gasteiger partial charge on any atom is -0.444 e.